The quantitative estimate of drug-likeness (QED) is 0.511. The van der Waals surface area contributed by atoms with Gasteiger partial charge in [0.05, 0.1) is 13.2 Å². The lowest BCUT2D eigenvalue weighted by Crippen LogP contribution is -2.31. The molecular formula is C11H19NO3. The summed E-state index contributed by atoms with van der Waals surface area (Å²) < 4.78 is 4.62. The number of hydrogen-bond acceptors (Lipinski definition) is 4. The maximum atomic E-state index is 11.9. The van der Waals surface area contributed by atoms with Gasteiger partial charge in [-0.15, -0.1) is 0 Å². The predicted octanol–water partition coefficient (Wildman–Crippen LogP) is 0.705. The van der Waals surface area contributed by atoms with Gasteiger partial charge >= 0.3 is 5.97 Å². The molecule has 1 saturated heterocycles. The Labute approximate surface area is 90.6 Å². The number of methoxy groups -OCH3 is 1. The monoisotopic (exact) mass is 213 g/mol. The van der Waals surface area contributed by atoms with Crippen molar-refractivity contribution in [3.63, 3.8) is 0 Å². The molecule has 0 aromatic rings. The molecule has 0 bridgehead atoms. The largest absolute Gasteiger partial charge is 0.468 e. The Balaban J connectivity index is 2.70. The third kappa shape index (κ3) is 2.56. The number of ether oxygens (including phenoxy) is 1. The number of ketones is 1. The lowest BCUT2D eigenvalue weighted by Gasteiger charge is -2.19. The van der Waals surface area contributed by atoms with Gasteiger partial charge in [0.1, 0.15) is 5.92 Å². The van der Waals surface area contributed by atoms with Gasteiger partial charge in [-0.25, -0.2) is 0 Å². The minimum absolute atomic E-state index is 0.0121. The van der Waals surface area contributed by atoms with Crippen LogP contribution in [0.3, 0.4) is 0 Å². The van der Waals surface area contributed by atoms with E-state index in [-0.39, 0.29) is 11.8 Å². The second kappa shape index (κ2) is 4.75. The first-order chi connectivity index (χ1) is 6.97. The summed E-state index contributed by atoms with van der Waals surface area (Å²) in [6, 6.07) is -0.117. The van der Waals surface area contributed by atoms with Gasteiger partial charge in [-0.05, 0) is 19.4 Å². The maximum Gasteiger partial charge on any atom is 0.317 e. The van der Waals surface area contributed by atoms with Crippen LogP contribution in [0, 0.1) is 11.8 Å². The molecule has 4 heteroatoms. The third-order valence-corrected chi connectivity index (χ3v) is 2.85. The number of hydrogen-bond donors (Lipinski definition) is 0. The van der Waals surface area contributed by atoms with Crippen molar-refractivity contribution < 1.29 is 14.3 Å². The topological polar surface area (TPSA) is 46.6 Å². The maximum absolute atomic E-state index is 11.9. The Morgan fingerprint density at radius 1 is 1.60 bits per heavy atom. The van der Waals surface area contributed by atoms with E-state index in [1.54, 1.807) is 0 Å². The number of Topliss-reactive ketones (excluding diaryl/α,β-unsaturated/α-hetero) is 1. The summed E-state index contributed by atoms with van der Waals surface area (Å²) in [5, 5.41) is 0. The molecule has 0 N–H and O–H groups in total. The molecule has 0 amide bonds. The second-order valence-electron chi connectivity index (χ2n) is 4.56. The van der Waals surface area contributed by atoms with E-state index in [9.17, 15) is 9.59 Å². The minimum atomic E-state index is -0.580. The number of carbonyl (C=O) groups is 2. The van der Waals surface area contributed by atoms with Crippen LogP contribution in [0.2, 0.25) is 0 Å². The van der Waals surface area contributed by atoms with Crippen LogP contribution in [0.15, 0.2) is 0 Å². The number of nitrogens with zero attached hydrogens (tertiary/aromatic N) is 1. The van der Waals surface area contributed by atoms with E-state index >= 15 is 0 Å². The molecule has 0 saturated carbocycles. The van der Waals surface area contributed by atoms with E-state index in [1.165, 1.54) is 7.11 Å². The van der Waals surface area contributed by atoms with Crippen molar-refractivity contribution in [2.24, 2.45) is 11.8 Å². The lowest BCUT2D eigenvalue weighted by atomic mass is 9.97. The van der Waals surface area contributed by atoms with Gasteiger partial charge in [0.2, 0.25) is 0 Å². The molecule has 2 unspecified atom stereocenters. The zero-order chi connectivity index (χ0) is 11.6. The summed E-state index contributed by atoms with van der Waals surface area (Å²) in [5.74, 6) is -0.516. The van der Waals surface area contributed by atoms with Crippen LogP contribution in [0.25, 0.3) is 0 Å². The molecule has 15 heavy (non-hydrogen) atoms. The smallest absolute Gasteiger partial charge is 0.317 e. The van der Waals surface area contributed by atoms with E-state index in [1.807, 2.05) is 11.9 Å². The highest BCUT2D eigenvalue weighted by Crippen LogP contribution is 2.23. The van der Waals surface area contributed by atoms with Crippen molar-refractivity contribution >= 4 is 11.8 Å². The summed E-state index contributed by atoms with van der Waals surface area (Å²) in [6.07, 6.45) is 0.808. The van der Waals surface area contributed by atoms with Crippen LogP contribution in [0.5, 0.6) is 0 Å². The van der Waals surface area contributed by atoms with Crippen LogP contribution in [0.4, 0.5) is 0 Å². The van der Waals surface area contributed by atoms with Crippen LogP contribution >= 0.6 is 0 Å². The minimum Gasteiger partial charge on any atom is -0.468 e. The lowest BCUT2D eigenvalue weighted by molar-refractivity contribution is -0.147. The summed E-state index contributed by atoms with van der Waals surface area (Å²) in [6.45, 7) is 4.64. The standard InChI is InChI=1S/C11H19NO3/c1-7(2)5-9-10(13)8(6-12(9)3)11(14)15-4/h7-9H,5-6H2,1-4H3. The average Bonchev–Trinajstić information content (AvgIpc) is 2.44. The Morgan fingerprint density at radius 2 is 2.20 bits per heavy atom. The van der Waals surface area contributed by atoms with Gasteiger partial charge in [0.15, 0.2) is 5.78 Å². The molecule has 1 fully saturated rings. The summed E-state index contributed by atoms with van der Waals surface area (Å²) in [5.41, 5.74) is 0. The van der Waals surface area contributed by atoms with E-state index in [2.05, 4.69) is 18.6 Å². The van der Waals surface area contributed by atoms with Crippen LogP contribution in [-0.4, -0.2) is 43.4 Å². The van der Waals surface area contributed by atoms with Gasteiger partial charge < -0.3 is 4.74 Å². The van der Waals surface area contributed by atoms with Gasteiger partial charge in [0.25, 0.3) is 0 Å². The van der Waals surface area contributed by atoms with Crippen LogP contribution < -0.4 is 0 Å². The molecule has 0 aromatic carbocycles. The van der Waals surface area contributed by atoms with E-state index in [0.717, 1.165) is 6.42 Å². The van der Waals surface area contributed by atoms with Crippen LogP contribution in [0.1, 0.15) is 20.3 Å². The fourth-order valence-electron chi connectivity index (χ4n) is 2.03. The number of likely N-dealkylation sites (N-methyl/N-ethyl adjacent to an activating group) is 1. The van der Waals surface area contributed by atoms with Crippen molar-refractivity contribution in [3.8, 4) is 0 Å². The predicted molar refractivity (Wildman–Crippen MR) is 56.4 cm³/mol. The zero-order valence-corrected chi connectivity index (χ0v) is 9.82. The van der Waals surface area contributed by atoms with E-state index in [4.69, 9.17) is 0 Å². The average molecular weight is 213 g/mol. The Hall–Kier alpha value is -0.900. The Morgan fingerprint density at radius 3 is 2.67 bits per heavy atom. The van der Waals surface area contributed by atoms with Gasteiger partial charge in [0, 0.05) is 6.54 Å². The van der Waals surface area contributed by atoms with Crippen molar-refractivity contribution in [1.29, 1.82) is 0 Å². The van der Waals surface area contributed by atoms with Gasteiger partial charge in [-0.3, -0.25) is 14.5 Å². The number of rotatable bonds is 3. The van der Waals surface area contributed by atoms with E-state index in [0.29, 0.717) is 12.5 Å². The van der Waals surface area contributed by atoms with Crippen molar-refractivity contribution in [1.82, 2.24) is 4.90 Å². The molecule has 1 heterocycles. The fourth-order valence-corrected chi connectivity index (χ4v) is 2.03. The molecular weight excluding hydrogens is 194 g/mol. The highest BCUT2D eigenvalue weighted by molar-refractivity contribution is 6.03. The normalized spacial score (nSPS) is 27.4. The molecule has 2 atom stereocenters. The molecule has 0 spiro atoms. The molecule has 0 aliphatic carbocycles. The van der Waals surface area contributed by atoms with Gasteiger partial charge in [-0.1, -0.05) is 13.8 Å². The highest BCUT2D eigenvalue weighted by Gasteiger charge is 2.42. The van der Waals surface area contributed by atoms with Crippen molar-refractivity contribution in [2.45, 2.75) is 26.3 Å². The molecule has 1 aliphatic rings. The van der Waals surface area contributed by atoms with Crippen LogP contribution in [-0.2, 0) is 14.3 Å². The molecule has 0 aromatic heterocycles. The molecule has 1 rings (SSSR count). The number of esters is 1. The zero-order valence-electron chi connectivity index (χ0n) is 9.82. The SMILES string of the molecule is COC(=O)C1CN(C)C(CC(C)C)C1=O. The second-order valence-corrected chi connectivity index (χ2v) is 4.56. The summed E-state index contributed by atoms with van der Waals surface area (Å²) in [4.78, 5) is 25.2. The Bertz CT molecular complexity index is 263. The molecule has 1 aliphatic heterocycles. The first kappa shape index (κ1) is 12.2. The Kier molecular flexibility index (Phi) is 3.85. The summed E-state index contributed by atoms with van der Waals surface area (Å²) in [7, 11) is 3.21. The fraction of sp³-hybridized carbons (Fsp3) is 0.818. The van der Waals surface area contributed by atoms with E-state index < -0.39 is 11.9 Å². The number of carbonyl (C=O) groups excluding carboxylic acids is 2. The third-order valence-electron chi connectivity index (χ3n) is 2.85. The first-order valence-corrected chi connectivity index (χ1v) is 5.29. The summed E-state index contributed by atoms with van der Waals surface area (Å²) >= 11 is 0. The van der Waals surface area contributed by atoms with Gasteiger partial charge in [-0.2, -0.15) is 0 Å². The molecule has 4 nitrogen and oxygen atoms in total. The highest BCUT2D eigenvalue weighted by atomic mass is 16.5. The van der Waals surface area contributed by atoms with Crippen molar-refractivity contribution in [3.05, 3.63) is 0 Å². The molecule has 86 valence electrons. The van der Waals surface area contributed by atoms with Crippen molar-refractivity contribution in [2.75, 3.05) is 20.7 Å². The first-order valence-electron chi connectivity index (χ1n) is 5.29. The number of likely N-dealkylation sites (tertiary alicyclic amines) is 1. The molecule has 0 radical (unpaired) electrons.